The van der Waals surface area contributed by atoms with Crippen LogP contribution in [0, 0.1) is 0 Å². The van der Waals surface area contributed by atoms with Crippen LogP contribution in [0.25, 0.3) is 0 Å². The van der Waals surface area contributed by atoms with Gasteiger partial charge in [-0.15, -0.1) is 11.3 Å². The molecule has 17 heavy (non-hydrogen) atoms. The number of benzene rings is 1. The van der Waals surface area contributed by atoms with Crippen molar-refractivity contribution in [2.45, 2.75) is 13.2 Å². The minimum atomic E-state index is 0.625. The van der Waals surface area contributed by atoms with Gasteiger partial charge in [0.25, 0.3) is 0 Å². The smallest absolute Gasteiger partial charge is 0.118 e. The maximum absolute atomic E-state index is 5.64. The van der Waals surface area contributed by atoms with Crippen molar-refractivity contribution in [1.29, 1.82) is 0 Å². The molecule has 0 aliphatic rings. The topological polar surface area (TPSA) is 18.5 Å². The second kappa shape index (κ2) is 6.19. The second-order valence-corrected chi connectivity index (χ2v) is 5.48. The molecule has 0 saturated heterocycles. The van der Waals surface area contributed by atoms with Gasteiger partial charge < -0.3 is 9.47 Å². The minimum Gasteiger partial charge on any atom is -0.497 e. The van der Waals surface area contributed by atoms with E-state index in [1.165, 1.54) is 4.88 Å². The Morgan fingerprint density at radius 3 is 2.53 bits per heavy atom. The van der Waals surface area contributed by atoms with E-state index in [0.29, 0.717) is 13.2 Å². The Kier molecular flexibility index (Phi) is 4.59. The monoisotopic (exact) mass is 312 g/mol. The van der Waals surface area contributed by atoms with E-state index in [-0.39, 0.29) is 0 Å². The maximum Gasteiger partial charge on any atom is 0.118 e. The van der Waals surface area contributed by atoms with Crippen LogP contribution in [0.15, 0.2) is 40.2 Å². The average Bonchev–Trinajstić information content (AvgIpc) is 2.76. The van der Waals surface area contributed by atoms with Gasteiger partial charge in [-0.2, -0.15) is 0 Å². The fourth-order valence-corrected chi connectivity index (χ4v) is 2.81. The van der Waals surface area contributed by atoms with E-state index in [0.717, 1.165) is 15.8 Å². The van der Waals surface area contributed by atoms with Crippen LogP contribution in [-0.2, 0) is 18.0 Å². The quantitative estimate of drug-likeness (QED) is 0.822. The number of methoxy groups -OCH3 is 1. The highest BCUT2D eigenvalue weighted by atomic mass is 79.9. The molecule has 0 atom stereocenters. The van der Waals surface area contributed by atoms with Crippen molar-refractivity contribution in [3.05, 3.63) is 50.6 Å². The normalized spacial score (nSPS) is 10.5. The molecule has 1 aromatic carbocycles. The van der Waals surface area contributed by atoms with E-state index in [4.69, 9.17) is 9.47 Å². The van der Waals surface area contributed by atoms with E-state index >= 15 is 0 Å². The lowest BCUT2D eigenvalue weighted by molar-refractivity contribution is 0.109. The lowest BCUT2D eigenvalue weighted by atomic mass is 10.2. The van der Waals surface area contributed by atoms with Gasteiger partial charge in [0.05, 0.1) is 20.3 Å². The molecule has 1 heterocycles. The summed E-state index contributed by atoms with van der Waals surface area (Å²) in [6.45, 7) is 1.28. The number of rotatable bonds is 5. The van der Waals surface area contributed by atoms with Gasteiger partial charge in [0.1, 0.15) is 5.75 Å². The number of ether oxygens (including phenoxy) is 2. The van der Waals surface area contributed by atoms with E-state index in [1.54, 1.807) is 18.4 Å². The van der Waals surface area contributed by atoms with Gasteiger partial charge in [0.15, 0.2) is 0 Å². The summed E-state index contributed by atoms with van der Waals surface area (Å²) in [5.41, 5.74) is 1.15. The SMILES string of the molecule is COc1ccc(COCc2cc(Br)cs2)cc1. The Hall–Kier alpha value is -0.840. The lowest BCUT2D eigenvalue weighted by Crippen LogP contribution is -1.92. The summed E-state index contributed by atoms with van der Waals surface area (Å²) in [6, 6.07) is 10.0. The summed E-state index contributed by atoms with van der Waals surface area (Å²) in [5, 5.41) is 2.06. The molecule has 0 radical (unpaired) electrons. The molecular weight excluding hydrogens is 300 g/mol. The van der Waals surface area contributed by atoms with Crippen molar-refractivity contribution in [2.75, 3.05) is 7.11 Å². The highest BCUT2D eigenvalue weighted by Crippen LogP contribution is 2.21. The first-order valence-corrected chi connectivity index (χ1v) is 6.89. The molecule has 0 amide bonds. The van der Waals surface area contributed by atoms with Crippen LogP contribution >= 0.6 is 27.3 Å². The molecular formula is C13H13BrO2S. The number of hydrogen-bond donors (Lipinski definition) is 0. The first kappa shape index (κ1) is 12.6. The van der Waals surface area contributed by atoms with E-state index in [1.807, 2.05) is 24.3 Å². The van der Waals surface area contributed by atoms with Gasteiger partial charge in [-0.05, 0) is 39.7 Å². The van der Waals surface area contributed by atoms with Crippen LogP contribution in [0.2, 0.25) is 0 Å². The predicted octanol–water partition coefficient (Wildman–Crippen LogP) is 4.24. The van der Waals surface area contributed by atoms with Crippen LogP contribution in [0.1, 0.15) is 10.4 Å². The summed E-state index contributed by atoms with van der Waals surface area (Å²) >= 11 is 5.12. The molecule has 2 aromatic rings. The molecule has 90 valence electrons. The van der Waals surface area contributed by atoms with Gasteiger partial charge in [-0.25, -0.2) is 0 Å². The highest BCUT2D eigenvalue weighted by Gasteiger charge is 1.99. The summed E-state index contributed by atoms with van der Waals surface area (Å²) < 4.78 is 11.9. The van der Waals surface area contributed by atoms with Crippen LogP contribution < -0.4 is 4.74 Å². The van der Waals surface area contributed by atoms with Gasteiger partial charge in [-0.1, -0.05) is 12.1 Å². The fraction of sp³-hybridized carbons (Fsp3) is 0.231. The zero-order valence-corrected chi connectivity index (χ0v) is 11.9. The second-order valence-electron chi connectivity index (χ2n) is 3.57. The number of hydrogen-bond acceptors (Lipinski definition) is 3. The van der Waals surface area contributed by atoms with Crippen LogP contribution in [0.5, 0.6) is 5.75 Å². The highest BCUT2D eigenvalue weighted by molar-refractivity contribution is 9.10. The van der Waals surface area contributed by atoms with Gasteiger partial charge in [0.2, 0.25) is 0 Å². The zero-order chi connectivity index (χ0) is 12.1. The number of thiophene rings is 1. The molecule has 1 aromatic heterocycles. The third-order valence-corrected chi connectivity index (χ3v) is 3.96. The van der Waals surface area contributed by atoms with Crippen molar-refractivity contribution < 1.29 is 9.47 Å². The maximum atomic E-state index is 5.64. The first-order chi connectivity index (χ1) is 8.28. The van der Waals surface area contributed by atoms with Crippen molar-refractivity contribution in [3.63, 3.8) is 0 Å². The molecule has 0 fully saturated rings. The standard InChI is InChI=1S/C13H13BrO2S/c1-15-12-4-2-10(3-5-12)7-16-8-13-6-11(14)9-17-13/h2-6,9H,7-8H2,1H3. The third kappa shape index (κ3) is 3.84. The van der Waals surface area contributed by atoms with Crippen LogP contribution in [0.4, 0.5) is 0 Å². The molecule has 4 heteroatoms. The number of halogens is 1. The van der Waals surface area contributed by atoms with Crippen LogP contribution in [-0.4, -0.2) is 7.11 Å². The summed E-state index contributed by atoms with van der Waals surface area (Å²) in [4.78, 5) is 1.23. The first-order valence-electron chi connectivity index (χ1n) is 5.21. The van der Waals surface area contributed by atoms with Crippen molar-refractivity contribution in [1.82, 2.24) is 0 Å². The van der Waals surface area contributed by atoms with Crippen molar-refractivity contribution >= 4 is 27.3 Å². The minimum absolute atomic E-state index is 0.625. The Morgan fingerprint density at radius 2 is 1.94 bits per heavy atom. The fourth-order valence-electron chi connectivity index (χ4n) is 1.42. The molecule has 0 saturated carbocycles. The summed E-state index contributed by atoms with van der Waals surface area (Å²) in [7, 11) is 1.67. The lowest BCUT2D eigenvalue weighted by Gasteiger charge is -2.04. The molecule has 2 nitrogen and oxygen atoms in total. The molecule has 0 spiro atoms. The third-order valence-electron chi connectivity index (χ3n) is 2.29. The van der Waals surface area contributed by atoms with Gasteiger partial charge >= 0.3 is 0 Å². The van der Waals surface area contributed by atoms with Crippen LogP contribution in [0.3, 0.4) is 0 Å². The predicted molar refractivity (Wildman–Crippen MR) is 73.5 cm³/mol. The average molecular weight is 313 g/mol. The molecule has 0 aliphatic heterocycles. The van der Waals surface area contributed by atoms with E-state index in [9.17, 15) is 0 Å². The van der Waals surface area contributed by atoms with Gasteiger partial charge in [0, 0.05) is 14.7 Å². The molecule has 0 bridgehead atoms. The Morgan fingerprint density at radius 1 is 1.18 bits per heavy atom. The molecule has 0 unspecified atom stereocenters. The van der Waals surface area contributed by atoms with Crippen molar-refractivity contribution in [2.24, 2.45) is 0 Å². The Bertz CT molecular complexity index is 465. The summed E-state index contributed by atoms with van der Waals surface area (Å²) in [5.74, 6) is 0.871. The Labute approximate surface area is 113 Å². The zero-order valence-electron chi connectivity index (χ0n) is 9.48. The Balaban J connectivity index is 1.81. The van der Waals surface area contributed by atoms with Gasteiger partial charge in [-0.3, -0.25) is 0 Å². The largest absolute Gasteiger partial charge is 0.497 e. The van der Waals surface area contributed by atoms with E-state index < -0.39 is 0 Å². The summed E-state index contributed by atoms with van der Waals surface area (Å²) in [6.07, 6.45) is 0. The van der Waals surface area contributed by atoms with Crippen molar-refractivity contribution in [3.8, 4) is 5.75 Å². The molecule has 0 aliphatic carbocycles. The molecule has 2 rings (SSSR count). The molecule has 0 N–H and O–H groups in total. The van der Waals surface area contributed by atoms with E-state index in [2.05, 4.69) is 27.4 Å².